The lowest BCUT2D eigenvalue weighted by molar-refractivity contribution is 0.617. The molecule has 2 aromatic rings. The van der Waals surface area contributed by atoms with Crippen molar-refractivity contribution in [2.75, 3.05) is 18.0 Å². The van der Waals surface area contributed by atoms with Gasteiger partial charge in [0.15, 0.2) is 0 Å². The van der Waals surface area contributed by atoms with Crippen molar-refractivity contribution in [1.82, 2.24) is 10.3 Å². The van der Waals surface area contributed by atoms with E-state index in [9.17, 15) is 4.39 Å². The van der Waals surface area contributed by atoms with Crippen LogP contribution in [0.15, 0.2) is 29.6 Å². The molecule has 0 radical (unpaired) electrons. The molecular formula is C16H22FN3S. The van der Waals surface area contributed by atoms with Gasteiger partial charge in [-0.25, -0.2) is 9.37 Å². The number of halogens is 1. The molecule has 0 aliphatic carbocycles. The molecule has 0 amide bonds. The third-order valence-corrected chi connectivity index (χ3v) is 4.13. The monoisotopic (exact) mass is 307 g/mol. The summed E-state index contributed by atoms with van der Waals surface area (Å²) in [5, 5.41) is 6.50. The van der Waals surface area contributed by atoms with Crippen LogP contribution in [0.2, 0.25) is 0 Å². The molecule has 0 bridgehead atoms. The molecule has 0 spiro atoms. The second kappa shape index (κ2) is 8.10. The lowest BCUT2D eigenvalue weighted by atomic mass is 10.2. The highest BCUT2D eigenvalue weighted by Gasteiger charge is 2.11. The van der Waals surface area contributed by atoms with Crippen LogP contribution in [0.4, 0.5) is 10.1 Å². The lowest BCUT2D eigenvalue weighted by Gasteiger charge is -2.22. The molecule has 0 fully saturated rings. The average Bonchev–Trinajstić information content (AvgIpc) is 2.93. The molecule has 21 heavy (non-hydrogen) atoms. The Labute approximate surface area is 129 Å². The smallest absolute Gasteiger partial charge is 0.146 e. The summed E-state index contributed by atoms with van der Waals surface area (Å²) >= 11 is 1.66. The van der Waals surface area contributed by atoms with Crippen molar-refractivity contribution in [1.29, 1.82) is 0 Å². The van der Waals surface area contributed by atoms with Crippen LogP contribution in [0, 0.1) is 5.82 Å². The summed E-state index contributed by atoms with van der Waals surface area (Å²) in [5.74, 6) is -0.181. The highest BCUT2D eigenvalue weighted by molar-refractivity contribution is 7.09. The molecule has 0 aliphatic rings. The Morgan fingerprint density at radius 1 is 1.29 bits per heavy atom. The zero-order chi connectivity index (χ0) is 15.1. The number of nitrogens with zero attached hydrogens (tertiary/aromatic N) is 2. The predicted octanol–water partition coefficient (Wildman–Crippen LogP) is 3.81. The molecule has 1 aromatic carbocycles. The SMILES string of the molecule is CCCNCc1nc(CN(CC)c2ccccc2F)cs1. The molecule has 0 unspecified atom stereocenters. The van der Waals surface area contributed by atoms with E-state index in [4.69, 9.17) is 0 Å². The lowest BCUT2D eigenvalue weighted by Crippen LogP contribution is -2.23. The largest absolute Gasteiger partial charge is 0.364 e. The van der Waals surface area contributed by atoms with Gasteiger partial charge >= 0.3 is 0 Å². The molecule has 1 aromatic heterocycles. The normalized spacial score (nSPS) is 10.8. The Balaban J connectivity index is 2.01. The van der Waals surface area contributed by atoms with Crippen molar-refractivity contribution in [2.24, 2.45) is 0 Å². The van der Waals surface area contributed by atoms with Crippen LogP contribution in [-0.4, -0.2) is 18.1 Å². The van der Waals surface area contributed by atoms with Gasteiger partial charge in [-0.05, 0) is 32.0 Å². The van der Waals surface area contributed by atoms with Gasteiger partial charge in [0.05, 0.1) is 17.9 Å². The number of para-hydroxylation sites is 1. The number of hydrogen-bond acceptors (Lipinski definition) is 4. The van der Waals surface area contributed by atoms with E-state index < -0.39 is 0 Å². The quantitative estimate of drug-likeness (QED) is 0.752. The first-order valence-electron chi connectivity index (χ1n) is 7.38. The topological polar surface area (TPSA) is 28.2 Å². The first-order chi connectivity index (χ1) is 10.2. The van der Waals surface area contributed by atoms with Crippen LogP contribution in [0.1, 0.15) is 31.0 Å². The van der Waals surface area contributed by atoms with Gasteiger partial charge in [-0.15, -0.1) is 11.3 Å². The Morgan fingerprint density at radius 2 is 2.10 bits per heavy atom. The van der Waals surface area contributed by atoms with Gasteiger partial charge in [0.2, 0.25) is 0 Å². The molecule has 5 heteroatoms. The molecular weight excluding hydrogens is 285 g/mol. The van der Waals surface area contributed by atoms with E-state index in [-0.39, 0.29) is 5.82 Å². The Hall–Kier alpha value is -1.46. The second-order valence-corrected chi connectivity index (χ2v) is 5.82. The average molecular weight is 307 g/mol. The van der Waals surface area contributed by atoms with Gasteiger partial charge in [-0.2, -0.15) is 0 Å². The highest BCUT2D eigenvalue weighted by atomic mass is 32.1. The maximum absolute atomic E-state index is 13.9. The van der Waals surface area contributed by atoms with Crippen molar-refractivity contribution in [3.8, 4) is 0 Å². The summed E-state index contributed by atoms with van der Waals surface area (Å²) in [7, 11) is 0. The number of rotatable bonds is 8. The third-order valence-electron chi connectivity index (χ3n) is 3.23. The summed E-state index contributed by atoms with van der Waals surface area (Å²) in [6.07, 6.45) is 1.12. The number of aromatic nitrogens is 1. The number of hydrogen-bond donors (Lipinski definition) is 1. The van der Waals surface area contributed by atoms with Gasteiger partial charge in [-0.3, -0.25) is 0 Å². The second-order valence-electron chi connectivity index (χ2n) is 4.87. The van der Waals surface area contributed by atoms with Gasteiger partial charge in [0.1, 0.15) is 10.8 Å². The summed E-state index contributed by atoms with van der Waals surface area (Å²) < 4.78 is 13.9. The molecule has 0 atom stereocenters. The first-order valence-corrected chi connectivity index (χ1v) is 8.26. The number of thiazole rings is 1. The Bertz CT molecular complexity index is 556. The standard InChI is InChI=1S/C16H22FN3S/c1-3-9-18-10-16-19-13(12-21-16)11-20(4-2)15-8-6-5-7-14(15)17/h5-8,12,18H,3-4,9-11H2,1-2H3. The van der Waals surface area contributed by atoms with E-state index in [1.54, 1.807) is 17.4 Å². The number of nitrogens with one attached hydrogen (secondary N) is 1. The fourth-order valence-corrected chi connectivity index (χ4v) is 2.90. The van der Waals surface area contributed by atoms with Crippen molar-refractivity contribution < 1.29 is 4.39 Å². The zero-order valence-electron chi connectivity index (χ0n) is 12.6. The maximum atomic E-state index is 13.9. The van der Waals surface area contributed by atoms with Gasteiger partial charge in [0, 0.05) is 18.5 Å². The molecule has 114 valence electrons. The molecule has 1 heterocycles. The summed E-state index contributed by atoms with van der Waals surface area (Å²) in [5.41, 5.74) is 1.64. The van der Waals surface area contributed by atoms with Crippen LogP contribution in [-0.2, 0) is 13.1 Å². The molecule has 0 saturated carbocycles. The summed E-state index contributed by atoms with van der Waals surface area (Å²) in [6, 6.07) is 6.89. The fourth-order valence-electron chi connectivity index (χ4n) is 2.15. The van der Waals surface area contributed by atoms with E-state index in [1.165, 1.54) is 6.07 Å². The summed E-state index contributed by atoms with van der Waals surface area (Å²) in [6.45, 7) is 7.38. The van der Waals surface area contributed by atoms with Crippen molar-refractivity contribution in [3.63, 3.8) is 0 Å². The van der Waals surface area contributed by atoms with Gasteiger partial charge in [0.25, 0.3) is 0 Å². The summed E-state index contributed by atoms with van der Waals surface area (Å²) in [4.78, 5) is 6.62. The van der Waals surface area contributed by atoms with E-state index >= 15 is 0 Å². The zero-order valence-corrected chi connectivity index (χ0v) is 13.4. The van der Waals surface area contributed by atoms with Crippen LogP contribution in [0.5, 0.6) is 0 Å². The van der Waals surface area contributed by atoms with Crippen LogP contribution >= 0.6 is 11.3 Å². The molecule has 2 rings (SSSR count). The van der Waals surface area contributed by atoms with Crippen molar-refractivity contribution in [2.45, 2.75) is 33.4 Å². The predicted molar refractivity (Wildman–Crippen MR) is 87.2 cm³/mol. The minimum Gasteiger partial charge on any atom is -0.364 e. The van der Waals surface area contributed by atoms with Crippen LogP contribution in [0.3, 0.4) is 0 Å². The fraction of sp³-hybridized carbons (Fsp3) is 0.438. The molecule has 1 N–H and O–H groups in total. The van der Waals surface area contributed by atoms with E-state index in [0.717, 1.165) is 36.8 Å². The third kappa shape index (κ3) is 4.51. The van der Waals surface area contributed by atoms with Crippen molar-refractivity contribution in [3.05, 3.63) is 46.2 Å². The Kier molecular flexibility index (Phi) is 6.14. The van der Waals surface area contributed by atoms with Gasteiger partial charge < -0.3 is 10.2 Å². The van der Waals surface area contributed by atoms with E-state index in [1.807, 2.05) is 24.0 Å². The minimum atomic E-state index is -0.181. The molecule has 0 aliphatic heterocycles. The first kappa shape index (κ1) is 15.9. The number of benzene rings is 1. The maximum Gasteiger partial charge on any atom is 0.146 e. The molecule has 3 nitrogen and oxygen atoms in total. The van der Waals surface area contributed by atoms with Crippen molar-refractivity contribution >= 4 is 17.0 Å². The van der Waals surface area contributed by atoms with Gasteiger partial charge in [-0.1, -0.05) is 19.1 Å². The molecule has 0 saturated heterocycles. The van der Waals surface area contributed by atoms with E-state index in [0.29, 0.717) is 12.2 Å². The number of anilines is 1. The minimum absolute atomic E-state index is 0.181. The van der Waals surface area contributed by atoms with E-state index in [2.05, 4.69) is 22.6 Å². The Morgan fingerprint density at radius 3 is 2.81 bits per heavy atom. The highest BCUT2D eigenvalue weighted by Crippen LogP contribution is 2.21. The van der Waals surface area contributed by atoms with Crippen LogP contribution in [0.25, 0.3) is 0 Å². The van der Waals surface area contributed by atoms with Crippen LogP contribution < -0.4 is 10.2 Å².